The quantitative estimate of drug-likeness (QED) is 0.395. The van der Waals surface area contributed by atoms with Gasteiger partial charge in [-0.3, -0.25) is 4.79 Å². The second-order valence-corrected chi connectivity index (χ2v) is 8.47. The Hall–Kier alpha value is -4.12. The van der Waals surface area contributed by atoms with Crippen LogP contribution in [0.5, 0.6) is 0 Å². The first-order valence-corrected chi connectivity index (χ1v) is 11.0. The SMILES string of the molecule is N#Cc1ccc(Cn2c(=O)c(-c3ccc(Cl)cc3)c(-c3ccc(Cl)cc3)c3n[nH]c(=O)n32)cc1. The first-order chi connectivity index (χ1) is 16.5. The van der Waals surface area contributed by atoms with Crippen LogP contribution in [-0.4, -0.2) is 19.4 Å². The average molecular weight is 488 g/mol. The van der Waals surface area contributed by atoms with Crippen LogP contribution in [0.15, 0.2) is 82.4 Å². The minimum absolute atomic E-state index is 0.0992. The molecule has 7 nitrogen and oxygen atoms in total. The lowest BCUT2D eigenvalue weighted by molar-refractivity contribution is 0.587. The van der Waals surface area contributed by atoms with Crippen molar-refractivity contribution in [3.63, 3.8) is 0 Å². The summed E-state index contributed by atoms with van der Waals surface area (Å²) in [5.41, 5.74) is 2.81. The van der Waals surface area contributed by atoms with Gasteiger partial charge in [0.05, 0.1) is 23.7 Å². The van der Waals surface area contributed by atoms with Crippen molar-refractivity contribution in [1.29, 1.82) is 5.26 Å². The third kappa shape index (κ3) is 3.79. The van der Waals surface area contributed by atoms with Gasteiger partial charge < -0.3 is 0 Å². The van der Waals surface area contributed by atoms with Gasteiger partial charge in [0.25, 0.3) is 5.56 Å². The lowest BCUT2D eigenvalue weighted by atomic mass is 9.96. The van der Waals surface area contributed by atoms with Gasteiger partial charge in [0, 0.05) is 15.6 Å². The molecule has 2 aromatic heterocycles. The number of nitriles is 1. The summed E-state index contributed by atoms with van der Waals surface area (Å²) in [5.74, 6) is 0. The Bertz CT molecular complexity index is 1670. The Morgan fingerprint density at radius 2 is 1.38 bits per heavy atom. The van der Waals surface area contributed by atoms with Crippen LogP contribution in [0, 0.1) is 11.3 Å². The Morgan fingerprint density at radius 3 is 1.94 bits per heavy atom. The van der Waals surface area contributed by atoms with E-state index in [1.807, 2.05) is 0 Å². The van der Waals surface area contributed by atoms with Crippen molar-refractivity contribution >= 4 is 28.8 Å². The van der Waals surface area contributed by atoms with Crippen LogP contribution in [0.1, 0.15) is 11.1 Å². The maximum Gasteiger partial charge on any atom is 0.363 e. The molecule has 0 saturated carbocycles. The fraction of sp³-hybridized carbons (Fsp3) is 0.0400. The molecule has 0 spiro atoms. The number of rotatable bonds is 4. The zero-order chi connectivity index (χ0) is 23.8. The summed E-state index contributed by atoms with van der Waals surface area (Å²) < 4.78 is 2.58. The first-order valence-electron chi connectivity index (χ1n) is 10.2. The summed E-state index contributed by atoms with van der Waals surface area (Å²) >= 11 is 12.2. The molecular formula is C25H15Cl2N5O2. The van der Waals surface area contributed by atoms with Crippen molar-refractivity contribution in [3.8, 4) is 28.3 Å². The molecule has 0 unspecified atom stereocenters. The summed E-state index contributed by atoms with van der Waals surface area (Å²) in [6.45, 7) is 0.0992. The van der Waals surface area contributed by atoms with Crippen molar-refractivity contribution in [2.24, 2.45) is 0 Å². The molecule has 0 saturated heterocycles. The van der Waals surface area contributed by atoms with E-state index in [4.69, 9.17) is 28.5 Å². The van der Waals surface area contributed by atoms with Crippen LogP contribution < -0.4 is 11.2 Å². The highest BCUT2D eigenvalue weighted by Crippen LogP contribution is 2.33. The highest BCUT2D eigenvalue weighted by atomic mass is 35.5. The Kier molecular flexibility index (Phi) is 5.54. The molecule has 0 bridgehead atoms. The summed E-state index contributed by atoms with van der Waals surface area (Å²) in [5, 5.41) is 16.9. The van der Waals surface area contributed by atoms with E-state index in [2.05, 4.69) is 16.3 Å². The van der Waals surface area contributed by atoms with Crippen LogP contribution in [0.4, 0.5) is 0 Å². The van der Waals surface area contributed by atoms with Crippen molar-refractivity contribution in [1.82, 2.24) is 19.4 Å². The number of H-pyrrole nitrogens is 1. The highest BCUT2D eigenvalue weighted by Gasteiger charge is 2.23. The highest BCUT2D eigenvalue weighted by molar-refractivity contribution is 6.31. The minimum Gasteiger partial charge on any atom is -0.267 e. The molecular weight excluding hydrogens is 473 g/mol. The van der Waals surface area contributed by atoms with E-state index in [0.717, 1.165) is 5.56 Å². The van der Waals surface area contributed by atoms with Gasteiger partial charge in [0.1, 0.15) is 0 Å². The van der Waals surface area contributed by atoms with Gasteiger partial charge in [-0.25, -0.2) is 14.6 Å². The topological polar surface area (TPSA) is 95.9 Å². The van der Waals surface area contributed by atoms with Gasteiger partial charge in [-0.1, -0.05) is 59.6 Å². The molecule has 0 aliphatic rings. The number of hydrogen-bond acceptors (Lipinski definition) is 4. The van der Waals surface area contributed by atoms with Crippen LogP contribution >= 0.6 is 23.2 Å². The largest absolute Gasteiger partial charge is 0.363 e. The van der Waals surface area contributed by atoms with Crippen molar-refractivity contribution in [2.45, 2.75) is 6.54 Å². The average Bonchev–Trinajstić information content (AvgIpc) is 3.23. The number of benzene rings is 3. The summed E-state index contributed by atoms with van der Waals surface area (Å²) in [4.78, 5) is 26.7. The molecule has 0 aliphatic carbocycles. The molecule has 9 heteroatoms. The fourth-order valence-electron chi connectivity index (χ4n) is 3.89. The fourth-order valence-corrected chi connectivity index (χ4v) is 4.14. The van der Waals surface area contributed by atoms with Gasteiger partial charge in [0.2, 0.25) is 0 Å². The van der Waals surface area contributed by atoms with Crippen molar-refractivity contribution in [3.05, 3.63) is 115 Å². The molecule has 166 valence electrons. The molecule has 0 radical (unpaired) electrons. The smallest absolute Gasteiger partial charge is 0.267 e. The maximum absolute atomic E-state index is 14.0. The van der Waals surface area contributed by atoms with E-state index < -0.39 is 5.69 Å². The predicted octanol–water partition coefficient (Wildman–Crippen LogP) is 4.75. The molecule has 5 rings (SSSR count). The Balaban J connectivity index is 1.85. The predicted molar refractivity (Wildman–Crippen MR) is 131 cm³/mol. The number of hydrogen-bond donors (Lipinski definition) is 1. The number of aromatic amines is 1. The molecule has 34 heavy (non-hydrogen) atoms. The molecule has 0 aliphatic heterocycles. The summed E-state index contributed by atoms with van der Waals surface area (Å²) in [7, 11) is 0. The minimum atomic E-state index is -0.543. The molecule has 0 amide bonds. The molecule has 2 heterocycles. The van der Waals surface area contributed by atoms with Crippen molar-refractivity contribution < 1.29 is 0 Å². The van der Waals surface area contributed by atoms with E-state index >= 15 is 0 Å². The van der Waals surface area contributed by atoms with E-state index in [9.17, 15) is 9.59 Å². The maximum atomic E-state index is 14.0. The van der Waals surface area contributed by atoms with Crippen molar-refractivity contribution in [2.75, 3.05) is 0 Å². The molecule has 0 fully saturated rings. The molecule has 3 aromatic carbocycles. The second kappa shape index (κ2) is 8.67. The molecule has 0 atom stereocenters. The molecule has 1 N–H and O–H groups in total. The zero-order valence-corrected chi connectivity index (χ0v) is 19.0. The van der Waals surface area contributed by atoms with E-state index in [1.165, 1.54) is 9.20 Å². The lowest BCUT2D eigenvalue weighted by Gasteiger charge is -2.16. The van der Waals surface area contributed by atoms with Crippen LogP contribution in [0.3, 0.4) is 0 Å². The van der Waals surface area contributed by atoms with E-state index in [0.29, 0.717) is 43.5 Å². The number of fused-ring (bicyclic) bond motifs is 1. The third-order valence-electron chi connectivity index (χ3n) is 5.49. The number of nitrogens with zero attached hydrogens (tertiary/aromatic N) is 4. The monoisotopic (exact) mass is 487 g/mol. The number of nitrogens with one attached hydrogen (secondary N) is 1. The Morgan fingerprint density at radius 1 is 0.824 bits per heavy atom. The standard InChI is InChI=1S/C25H15Cl2N5O2/c26-19-9-5-17(6-10-19)21-22(18-7-11-20(27)12-8-18)24(33)31(32-23(21)29-30-25(32)34)14-16-3-1-15(13-28)2-4-16/h1-12H,14H2,(H,30,34). The van der Waals surface area contributed by atoms with Crippen LogP contribution in [0.25, 0.3) is 27.9 Å². The van der Waals surface area contributed by atoms with Gasteiger partial charge in [0.15, 0.2) is 5.65 Å². The zero-order valence-electron chi connectivity index (χ0n) is 17.5. The molecule has 5 aromatic rings. The second-order valence-electron chi connectivity index (χ2n) is 7.60. The number of aromatic nitrogens is 4. The van der Waals surface area contributed by atoms with Gasteiger partial charge in [-0.2, -0.15) is 14.9 Å². The van der Waals surface area contributed by atoms with Gasteiger partial charge in [-0.05, 0) is 53.1 Å². The summed E-state index contributed by atoms with van der Waals surface area (Å²) in [6.07, 6.45) is 0. The van der Waals surface area contributed by atoms with Gasteiger partial charge in [-0.15, -0.1) is 0 Å². The third-order valence-corrected chi connectivity index (χ3v) is 6.00. The normalized spacial score (nSPS) is 11.0. The van der Waals surface area contributed by atoms with Gasteiger partial charge >= 0.3 is 5.69 Å². The van der Waals surface area contributed by atoms with Crippen LogP contribution in [-0.2, 0) is 6.54 Å². The van der Waals surface area contributed by atoms with E-state index in [1.54, 1.807) is 72.8 Å². The van der Waals surface area contributed by atoms with E-state index in [-0.39, 0.29) is 12.1 Å². The first kappa shape index (κ1) is 21.7. The lowest BCUT2D eigenvalue weighted by Crippen LogP contribution is -2.33. The summed E-state index contributed by atoms with van der Waals surface area (Å²) in [6, 6.07) is 22.8. The number of halogens is 2. The Labute approximate surface area is 203 Å². The van der Waals surface area contributed by atoms with Crippen LogP contribution in [0.2, 0.25) is 10.0 Å².